The summed E-state index contributed by atoms with van der Waals surface area (Å²) in [6.45, 7) is 10.9. The first-order valence-corrected chi connectivity index (χ1v) is 9.47. The highest BCUT2D eigenvalue weighted by Crippen LogP contribution is 2.30. The van der Waals surface area contributed by atoms with Gasteiger partial charge in [-0.25, -0.2) is 0 Å². The smallest absolute Gasteiger partial charge is 0.241 e. The van der Waals surface area contributed by atoms with Gasteiger partial charge < -0.3 is 14.8 Å². The molecular formula is C22H30N2O3. The molecule has 0 bridgehead atoms. The summed E-state index contributed by atoms with van der Waals surface area (Å²) < 4.78 is 11.3. The van der Waals surface area contributed by atoms with Crippen LogP contribution in [0, 0.1) is 6.92 Å². The maximum atomic E-state index is 12.5. The van der Waals surface area contributed by atoms with E-state index in [9.17, 15) is 4.79 Å². The first-order valence-electron chi connectivity index (χ1n) is 9.47. The molecule has 2 N–H and O–H groups in total. The Hall–Kier alpha value is -2.53. The Morgan fingerprint density at radius 3 is 2.37 bits per heavy atom. The maximum absolute atomic E-state index is 12.5. The predicted molar refractivity (Wildman–Crippen MR) is 110 cm³/mol. The third-order valence-corrected chi connectivity index (χ3v) is 4.25. The number of nitrogens with one attached hydrogen (secondary N) is 2. The van der Waals surface area contributed by atoms with Crippen molar-refractivity contribution in [2.75, 3.05) is 18.5 Å². The highest BCUT2D eigenvalue weighted by Gasteiger charge is 2.18. The van der Waals surface area contributed by atoms with Gasteiger partial charge in [-0.1, -0.05) is 18.2 Å². The van der Waals surface area contributed by atoms with Crippen LogP contribution in [0.1, 0.15) is 44.9 Å². The van der Waals surface area contributed by atoms with Crippen molar-refractivity contribution in [3.63, 3.8) is 0 Å². The van der Waals surface area contributed by atoms with Gasteiger partial charge in [0.25, 0.3) is 0 Å². The molecule has 0 heterocycles. The Morgan fingerprint density at radius 2 is 1.70 bits per heavy atom. The topological polar surface area (TPSA) is 59.6 Å². The predicted octanol–water partition coefficient (Wildman–Crippen LogP) is 4.47. The van der Waals surface area contributed by atoms with E-state index in [1.807, 2.05) is 77.1 Å². The molecule has 0 aliphatic heterocycles. The van der Waals surface area contributed by atoms with Crippen LogP contribution in [0.5, 0.6) is 11.5 Å². The number of anilines is 1. The average molecular weight is 370 g/mol. The van der Waals surface area contributed by atoms with E-state index in [2.05, 4.69) is 10.6 Å². The van der Waals surface area contributed by atoms with Crippen LogP contribution in [0.15, 0.2) is 42.5 Å². The summed E-state index contributed by atoms with van der Waals surface area (Å²) in [5.74, 6) is 1.39. The van der Waals surface area contributed by atoms with E-state index in [0.29, 0.717) is 13.2 Å². The van der Waals surface area contributed by atoms with Gasteiger partial charge in [-0.05, 0) is 70.0 Å². The Balaban J connectivity index is 2.03. The highest BCUT2D eigenvalue weighted by atomic mass is 16.5. The van der Waals surface area contributed by atoms with Crippen molar-refractivity contribution in [1.29, 1.82) is 0 Å². The van der Waals surface area contributed by atoms with Crippen LogP contribution in [0.25, 0.3) is 0 Å². The first-order chi connectivity index (χ1) is 12.9. The normalized spacial score (nSPS) is 12.9. The second-order valence-corrected chi connectivity index (χ2v) is 6.54. The number of rotatable bonds is 9. The van der Waals surface area contributed by atoms with Gasteiger partial charge in [0.15, 0.2) is 11.5 Å². The molecule has 2 aromatic rings. The number of benzene rings is 2. The molecule has 1 amide bonds. The Morgan fingerprint density at radius 1 is 1.00 bits per heavy atom. The molecule has 2 atom stereocenters. The van der Waals surface area contributed by atoms with E-state index >= 15 is 0 Å². The first kappa shape index (κ1) is 20.8. The molecule has 0 aliphatic rings. The molecule has 2 aromatic carbocycles. The zero-order valence-electron chi connectivity index (χ0n) is 16.8. The lowest BCUT2D eigenvalue weighted by Gasteiger charge is -2.21. The summed E-state index contributed by atoms with van der Waals surface area (Å²) >= 11 is 0. The zero-order chi connectivity index (χ0) is 19.8. The standard InChI is InChI=1S/C22H30N2O3/c1-6-26-20-12-11-18(14-21(20)27-7-2)16(4)23-17(5)22(25)24-19-10-8-9-15(3)13-19/h8-14,16-17,23H,6-7H2,1-5H3,(H,24,25)/t16-,17+/m1/s1. The fourth-order valence-corrected chi connectivity index (χ4v) is 2.86. The van der Waals surface area contributed by atoms with Crippen LogP contribution < -0.4 is 20.1 Å². The third kappa shape index (κ3) is 6.00. The summed E-state index contributed by atoms with van der Waals surface area (Å²) in [5.41, 5.74) is 2.96. The molecule has 146 valence electrons. The van der Waals surface area contributed by atoms with Crippen molar-refractivity contribution in [1.82, 2.24) is 5.32 Å². The van der Waals surface area contributed by atoms with Crippen molar-refractivity contribution in [2.24, 2.45) is 0 Å². The second-order valence-electron chi connectivity index (χ2n) is 6.54. The van der Waals surface area contributed by atoms with E-state index in [0.717, 1.165) is 28.3 Å². The van der Waals surface area contributed by atoms with Gasteiger partial charge in [0, 0.05) is 11.7 Å². The summed E-state index contributed by atoms with van der Waals surface area (Å²) in [4.78, 5) is 12.5. The van der Waals surface area contributed by atoms with E-state index in [4.69, 9.17) is 9.47 Å². The molecular weight excluding hydrogens is 340 g/mol. The maximum Gasteiger partial charge on any atom is 0.241 e. The van der Waals surface area contributed by atoms with E-state index in [-0.39, 0.29) is 18.0 Å². The molecule has 27 heavy (non-hydrogen) atoms. The Bertz CT molecular complexity index is 761. The molecule has 0 fully saturated rings. The van der Waals surface area contributed by atoms with Crippen molar-refractivity contribution >= 4 is 11.6 Å². The lowest BCUT2D eigenvalue weighted by atomic mass is 10.1. The third-order valence-electron chi connectivity index (χ3n) is 4.25. The molecule has 0 saturated carbocycles. The minimum atomic E-state index is -0.345. The zero-order valence-corrected chi connectivity index (χ0v) is 16.8. The van der Waals surface area contributed by atoms with Crippen LogP contribution in [-0.2, 0) is 4.79 Å². The van der Waals surface area contributed by atoms with Crippen LogP contribution in [0.2, 0.25) is 0 Å². The second kappa shape index (κ2) is 9.97. The van der Waals surface area contributed by atoms with Gasteiger partial charge in [0.2, 0.25) is 5.91 Å². The summed E-state index contributed by atoms with van der Waals surface area (Å²) in [5, 5.41) is 6.29. The Kier molecular flexibility index (Phi) is 7.67. The van der Waals surface area contributed by atoms with Gasteiger partial charge in [-0.15, -0.1) is 0 Å². The van der Waals surface area contributed by atoms with Crippen LogP contribution in [-0.4, -0.2) is 25.2 Å². The number of aryl methyl sites for hydroxylation is 1. The summed E-state index contributed by atoms with van der Waals surface area (Å²) in [6.07, 6.45) is 0. The van der Waals surface area contributed by atoms with E-state index in [1.54, 1.807) is 0 Å². The molecule has 0 radical (unpaired) electrons. The number of carbonyl (C=O) groups is 1. The number of amides is 1. The fourth-order valence-electron chi connectivity index (χ4n) is 2.86. The van der Waals surface area contributed by atoms with E-state index in [1.165, 1.54) is 0 Å². The van der Waals surface area contributed by atoms with Crippen LogP contribution >= 0.6 is 0 Å². The van der Waals surface area contributed by atoms with Crippen molar-refractivity contribution in [3.8, 4) is 11.5 Å². The quantitative estimate of drug-likeness (QED) is 0.684. The minimum absolute atomic E-state index is 0.0156. The Labute approximate surface area is 162 Å². The van der Waals surface area contributed by atoms with Gasteiger partial charge in [-0.2, -0.15) is 0 Å². The number of hydrogen-bond donors (Lipinski definition) is 2. The monoisotopic (exact) mass is 370 g/mol. The molecule has 5 nitrogen and oxygen atoms in total. The molecule has 2 rings (SSSR count). The number of carbonyl (C=O) groups excluding carboxylic acids is 1. The van der Waals surface area contributed by atoms with Crippen molar-refractivity contribution < 1.29 is 14.3 Å². The molecule has 0 aromatic heterocycles. The summed E-state index contributed by atoms with van der Waals surface area (Å²) in [7, 11) is 0. The molecule has 5 heteroatoms. The van der Waals surface area contributed by atoms with E-state index < -0.39 is 0 Å². The lowest BCUT2D eigenvalue weighted by Crippen LogP contribution is -2.39. The lowest BCUT2D eigenvalue weighted by molar-refractivity contribution is -0.117. The van der Waals surface area contributed by atoms with Gasteiger partial charge in [-0.3, -0.25) is 10.1 Å². The SMILES string of the molecule is CCOc1ccc([C@@H](C)N[C@@H](C)C(=O)Nc2cccc(C)c2)cc1OCC. The number of hydrogen-bond acceptors (Lipinski definition) is 4. The molecule has 0 unspecified atom stereocenters. The van der Waals surface area contributed by atoms with Crippen molar-refractivity contribution in [3.05, 3.63) is 53.6 Å². The molecule has 0 saturated heterocycles. The molecule has 0 aliphatic carbocycles. The number of ether oxygens (including phenoxy) is 2. The fraction of sp³-hybridized carbons (Fsp3) is 0.409. The largest absolute Gasteiger partial charge is 0.490 e. The van der Waals surface area contributed by atoms with Crippen LogP contribution in [0.3, 0.4) is 0 Å². The summed E-state index contributed by atoms with van der Waals surface area (Å²) in [6, 6.07) is 13.3. The van der Waals surface area contributed by atoms with Crippen LogP contribution in [0.4, 0.5) is 5.69 Å². The minimum Gasteiger partial charge on any atom is -0.490 e. The highest BCUT2D eigenvalue weighted by molar-refractivity contribution is 5.94. The van der Waals surface area contributed by atoms with Gasteiger partial charge in [0.1, 0.15) is 0 Å². The van der Waals surface area contributed by atoms with Gasteiger partial charge in [0.05, 0.1) is 19.3 Å². The van der Waals surface area contributed by atoms with Gasteiger partial charge >= 0.3 is 0 Å². The average Bonchev–Trinajstić information content (AvgIpc) is 2.63. The van der Waals surface area contributed by atoms with Crippen molar-refractivity contribution in [2.45, 2.75) is 46.7 Å². The molecule has 0 spiro atoms.